The molecule has 0 saturated carbocycles. The lowest BCUT2D eigenvalue weighted by molar-refractivity contribution is 0.979. The van der Waals surface area contributed by atoms with Crippen molar-refractivity contribution in [2.75, 3.05) is 30.9 Å². The maximum atomic E-state index is 5.14. The molecule has 0 saturated heterocycles. The Bertz CT molecular complexity index is 375. The smallest absolute Gasteiger partial charge is 0.170 e. The van der Waals surface area contributed by atoms with Gasteiger partial charge < -0.3 is 15.5 Å². The van der Waals surface area contributed by atoms with E-state index in [1.165, 1.54) is 11.3 Å². The first kappa shape index (κ1) is 12.8. The van der Waals surface area contributed by atoms with E-state index in [4.69, 9.17) is 12.2 Å². The lowest BCUT2D eigenvalue weighted by Crippen LogP contribution is -2.28. The molecule has 0 unspecified atom stereocenters. The van der Waals surface area contributed by atoms with Gasteiger partial charge in [-0.1, -0.05) is 6.07 Å². The quantitative estimate of drug-likeness (QED) is 0.789. The predicted molar refractivity (Wildman–Crippen MR) is 75.4 cm³/mol. The number of anilines is 2. The Kier molecular flexibility index (Phi) is 4.55. The fraction of sp³-hybridized carbons (Fsp3) is 0.417. The van der Waals surface area contributed by atoms with Crippen LogP contribution < -0.4 is 15.5 Å². The van der Waals surface area contributed by atoms with Gasteiger partial charge in [-0.05, 0) is 43.8 Å². The van der Waals surface area contributed by atoms with Gasteiger partial charge in [0.1, 0.15) is 0 Å². The normalized spacial score (nSPS) is 9.75. The van der Waals surface area contributed by atoms with Crippen LogP contribution in [0.3, 0.4) is 0 Å². The lowest BCUT2D eigenvalue weighted by Gasteiger charge is -2.17. The molecular weight excluding hydrogens is 218 g/mol. The highest BCUT2D eigenvalue weighted by Gasteiger charge is 2.03. The molecule has 0 amide bonds. The summed E-state index contributed by atoms with van der Waals surface area (Å²) in [5.41, 5.74) is 3.47. The molecule has 0 aliphatic heterocycles. The van der Waals surface area contributed by atoms with Crippen molar-refractivity contribution in [1.29, 1.82) is 0 Å². The molecule has 0 aliphatic rings. The molecule has 1 aromatic carbocycles. The monoisotopic (exact) mass is 237 g/mol. The third kappa shape index (κ3) is 3.38. The summed E-state index contributed by atoms with van der Waals surface area (Å²) in [7, 11) is 4.07. The highest BCUT2D eigenvalue weighted by atomic mass is 32.1. The van der Waals surface area contributed by atoms with E-state index < -0.39 is 0 Å². The minimum absolute atomic E-state index is 0.663. The van der Waals surface area contributed by atoms with Crippen LogP contribution in [0.25, 0.3) is 0 Å². The Labute approximate surface area is 103 Å². The molecular formula is C12H19N3S. The second kappa shape index (κ2) is 5.70. The van der Waals surface area contributed by atoms with Crippen LogP contribution in [0.5, 0.6) is 0 Å². The molecule has 0 bridgehead atoms. The average Bonchev–Trinajstić information content (AvgIpc) is 2.21. The summed E-state index contributed by atoms with van der Waals surface area (Å²) in [5.74, 6) is 0. The number of nitrogens with one attached hydrogen (secondary N) is 2. The molecule has 4 heteroatoms. The van der Waals surface area contributed by atoms with Crippen molar-refractivity contribution in [3.8, 4) is 0 Å². The Morgan fingerprint density at radius 2 is 2.06 bits per heavy atom. The first-order valence-corrected chi connectivity index (χ1v) is 5.78. The molecule has 16 heavy (non-hydrogen) atoms. The van der Waals surface area contributed by atoms with Crippen molar-refractivity contribution < 1.29 is 0 Å². The van der Waals surface area contributed by atoms with Crippen molar-refractivity contribution in [3.63, 3.8) is 0 Å². The van der Waals surface area contributed by atoms with Crippen LogP contribution in [0, 0.1) is 6.92 Å². The van der Waals surface area contributed by atoms with Crippen LogP contribution in [0.15, 0.2) is 18.2 Å². The van der Waals surface area contributed by atoms with Crippen LogP contribution >= 0.6 is 12.2 Å². The first-order valence-electron chi connectivity index (χ1n) is 5.37. The maximum Gasteiger partial charge on any atom is 0.170 e. The zero-order valence-corrected chi connectivity index (χ0v) is 11.1. The summed E-state index contributed by atoms with van der Waals surface area (Å²) < 4.78 is 0. The molecule has 1 aromatic rings. The fourth-order valence-corrected chi connectivity index (χ4v) is 1.77. The minimum Gasteiger partial charge on any atom is -0.377 e. The van der Waals surface area contributed by atoms with Gasteiger partial charge in [0, 0.05) is 32.0 Å². The number of thiocarbonyl (C=S) groups is 1. The van der Waals surface area contributed by atoms with Gasteiger partial charge in [0.15, 0.2) is 5.11 Å². The molecule has 0 aromatic heterocycles. The van der Waals surface area contributed by atoms with Crippen molar-refractivity contribution in [2.24, 2.45) is 0 Å². The van der Waals surface area contributed by atoms with Crippen LogP contribution in [0.1, 0.15) is 12.5 Å². The molecule has 0 spiro atoms. The summed E-state index contributed by atoms with van der Waals surface area (Å²) in [5, 5.41) is 6.89. The molecule has 3 nitrogen and oxygen atoms in total. The number of nitrogens with zero attached hydrogens (tertiary/aromatic N) is 1. The Hall–Kier alpha value is -1.29. The van der Waals surface area contributed by atoms with Crippen LogP contribution in [-0.4, -0.2) is 25.8 Å². The van der Waals surface area contributed by atoms with Crippen molar-refractivity contribution in [3.05, 3.63) is 23.8 Å². The van der Waals surface area contributed by atoms with Gasteiger partial charge in [0.05, 0.1) is 0 Å². The molecule has 2 N–H and O–H groups in total. The molecule has 1 rings (SSSR count). The van der Waals surface area contributed by atoms with Crippen LogP contribution in [-0.2, 0) is 0 Å². The topological polar surface area (TPSA) is 27.3 Å². The molecule has 0 heterocycles. The third-order valence-electron chi connectivity index (χ3n) is 2.29. The molecule has 0 aliphatic carbocycles. The van der Waals surface area contributed by atoms with E-state index in [9.17, 15) is 0 Å². The average molecular weight is 237 g/mol. The summed E-state index contributed by atoms with van der Waals surface area (Å²) in [6.07, 6.45) is 0. The van der Waals surface area contributed by atoms with Gasteiger partial charge in [-0.25, -0.2) is 0 Å². The number of hydrogen-bond donors (Lipinski definition) is 2. The van der Waals surface area contributed by atoms with E-state index in [0.717, 1.165) is 12.2 Å². The first-order chi connectivity index (χ1) is 7.54. The van der Waals surface area contributed by atoms with Crippen LogP contribution in [0.2, 0.25) is 0 Å². The highest BCUT2D eigenvalue weighted by Crippen LogP contribution is 2.22. The van der Waals surface area contributed by atoms with Crippen LogP contribution in [0.4, 0.5) is 11.4 Å². The summed E-state index contributed by atoms with van der Waals surface area (Å²) in [4.78, 5) is 2.09. The number of aryl methyl sites for hydroxylation is 1. The molecule has 0 radical (unpaired) electrons. The summed E-state index contributed by atoms with van der Waals surface area (Å²) in [6, 6.07) is 6.22. The van der Waals surface area contributed by atoms with E-state index in [-0.39, 0.29) is 0 Å². The van der Waals surface area contributed by atoms with E-state index >= 15 is 0 Å². The fourth-order valence-electron chi connectivity index (χ4n) is 1.50. The predicted octanol–water partition coefficient (Wildman–Crippen LogP) is 2.37. The maximum absolute atomic E-state index is 5.14. The van der Waals surface area contributed by atoms with Crippen molar-refractivity contribution in [1.82, 2.24) is 5.32 Å². The zero-order chi connectivity index (χ0) is 12.1. The third-order valence-corrected chi connectivity index (χ3v) is 2.53. The number of hydrogen-bond acceptors (Lipinski definition) is 2. The summed E-state index contributed by atoms with van der Waals surface area (Å²) >= 11 is 5.14. The SMILES string of the molecule is CCNC(=S)Nc1ccc(C)c(N(C)C)c1. The Morgan fingerprint density at radius 1 is 1.38 bits per heavy atom. The largest absolute Gasteiger partial charge is 0.377 e. The van der Waals surface area contributed by atoms with Gasteiger partial charge in [0.2, 0.25) is 0 Å². The molecule has 88 valence electrons. The lowest BCUT2D eigenvalue weighted by atomic mass is 10.1. The standard InChI is InChI=1S/C12H19N3S/c1-5-13-12(16)14-10-7-6-9(2)11(8-10)15(3)4/h6-8H,5H2,1-4H3,(H2,13,14,16). The van der Waals surface area contributed by atoms with E-state index in [1.54, 1.807) is 0 Å². The van der Waals surface area contributed by atoms with Crippen molar-refractivity contribution >= 4 is 28.7 Å². The van der Waals surface area contributed by atoms with Gasteiger partial charge in [-0.15, -0.1) is 0 Å². The summed E-state index contributed by atoms with van der Waals surface area (Å²) in [6.45, 7) is 4.95. The molecule has 0 fully saturated rings. The Balaban J connectivity index is 2.82. The minimum atomic E-state index is 0.663. The van der Waals surface area contributed by atoms with Crippen molar-refractivity contribution in [2.45, 2.75) is 13.8 Å². The van der Waals surface area contributed by atoms with E-state index in [1.807, 2.05) is 27.1 Å². The van der Waals surface area contributed by atoms with Gasteiger partial charge in [-0.3, -0.25) is 0 Å². The second-order valence-corrected chi connectivity index (χ2v) is 4.29. The number of benzene rings is 1. The van der Waals surface area contributed by atoms with E-state index in [0.29, 0.717) is 5.11 Å². The Morgan fingerprint density at radius 3 is 2.62 bits per heavy atom. The van der Waals surface area contributed by atoms with Gasteiger partial charge in [0.25, 0.3) is 0 Å². The zero-order valence-electron chi connectivity index (χ0n) is 10.3. The molecule has 0 atom stereocenters. The number of rotatable bonds is 3. The highest BCUT2D eigenvalue weighted by molar-refractivity contribution is 7.80. The second-order valence-electron chi connectivity index (χ2n) is 3.88. The van der Waals surface area contributed by atoms with Gasteiger partial charge in [-0.2, -0.15) is 0 Å². The van der Waals surface area contributed by atoms with E-state index in [2.05, 4.69) is 34.6 Å². The van der Waals surface area contributed by atoms with Gasteiger partial charge >= 0.3 is 0 Å².